The normalized spacial score (nSPS) is 21.3. The Morgan fingerprint density at radius 3 is 2.64 bits per heavy atom. The van der Waals surface area contributed by atoms with Crippen molar-refractivity contribution in [1.29, 1.82) is 0 Å². The summed E-state index contributed by atoms with van der Waals surface area (Å²) in [6.07, 6.45) is 3.29. The summed E-state index contributed by atoms with van der Waals surface area (Å²) in [6, 6.07) is 12.4. The van der Waals surface area contributed by atoms with Gasteiger partial charge in [0, 0.05) is 13.6 Å². The number of nitrogens with zero attached hydrogens (tertiary/aromatic N) is 4. The number of carbonyl (C=O) groups excluding carboxylic acids is 3. The molecule has 4 amide bonds. The highest BCUT2D eigenvalue weighted by Crippen LogP contribution is 2.29. The lowest BCUT2D eigenvalue weighted by Crippen LogP contribution is -2.75. The third-order valence-electron chi connectivity index (χ3n) is 6.19. The number of benzene rings is 1. The van der Waals surface area contributed by atoms with Crippen LogP contribution in [0.25, 0.3) is 0 Å². The van der Waals surface area contributed by atoms with E-state index in [2.05, 4.69) is 12.2 Å². The molecule has 0 aliphatic carbocycles. The van der Waals surface area contributed by atoms with Gasteiger partial charge in [-0.05, 0) is 24.1 Å². The molecule has 2 fully saturated rings. The number of hydrogen-bond donors (Lipinski definition) is 1. The Hall–Kier alpha value is -3.33. The molecule has 176 valence electrons. The Labute approximate surface area is 193 Å². The van der Waals surface area contributed by atoms with Gasteiger partial charge in [-0.15, -0.1) is 0 Å². The van der Waals surface area contributed by atoms with E-state index >= 15 is 0 Å². The summed E-state index contributed by atoms with van der Waals surface area (Å²) in [7, 11) is 1.73. The Balaban J connectivity index is 1.58. The lowest BCUT2D eigenvalue weighted by Gasteiger charge is -2.54. The smallest absolute Gasteiger partial charge is 0.334 e. The van der Waals surface area contributed by atoms with Crippen LogP contribution in [0.15, 0.2) is 53.1 Å². The van der Waals surface area contributed by atoms with E-state index in [1.165, 1.54) is 0 Å². The molecular weight excluding hydrogens is 422 g/mol. The molecule has 0 saturated carbocycles. The zero-order valence-corrected chi connectivity index (χ0v) is 19.1. The molecule has 2 aromatic rings. The van der Waals surface area contributed by atoms with Gasteiger partial charge in [-0.1, -0.05) is 50.1 Å². The number of hydrazine groups is 1. The first-order valence-electron chi connectivity index (χ1n) is 11.4. The lowest BCUT2D eigenvalue weighted by molar-refractivity contribution is -0.188. The molecule has 0 spiro atoms. The number of rotatable bonds is 7. The van der Waals surface area contributed by atoms with Crippen LogP contribution in [0.1, 0.15) is 37.5 Å². The summed E-state index contributed by atoms with van der Waals surface area (Å²) in [5.74, 6) is 0.432. The maximum Gasteiger partial charge on any atom is 0.334 e. The highest BCUT2D eigenvalue weighted by atomic mass is 16.3. The standard InChI is InChI=1S/C24H31N5O4/c1-3-4-12-20-23(31)27(15-19-11-8-13-33-19)16-21-28(20)22(30)17-26(2)29(21)24(32)25-14-18-9-6-5-7-10-18/h5-11,13,20-21H,3-4,12,14-17H2,1-2H3,(H,25,32)/t20-,21-/m0/s1. The number of hydrogen-bond acceptors (Lipinski definition) is 5. The average Bonchev–Trinajstić information content (AvgIpc) is 3.32. The van der Waals surface area contributed by atoms with E-state index in [1.807, 2.05) is 36.4 Å². The number of urea groups is 1. The quantitative estimate of drug-likeness (QED) is 0.696. The van der Waals surface area contributed by atoms with Gasteiger partial charge in [-0.2, -0.15) is 0 Å². The third kappa shape index (κ3) is 4.88. The summed E-state index contributed by atoms with van der Waals surface area (Å²) in [5, 5.41) is 6.18. The average molecular weight is 454 g/mol. The van der Waals surface area contributed by atoms with Gasteiger partial charge in [0.1, 0.15) is 18.0 Å². The molecule has 4 rings (SSSR count). The van der Waals surface area contributed by atoms with Crippen LogP contribution in [0.5, 0.6) is 0 Å². The number of unbranched alkanes of at least 4 members (excludes halogenated alkanes) is 1. The number of fused-ring (bicyclic) bond motifs is 1. The predicted molar refractivity (Wildman–Crippen MR) is 121 cm³/mol. The molecule has 2 atom stereocenters. The molecule has 2 saturated heterocycles. The van der Waals surface area contributed by atoms with E-state index in [0.29, 0.717) is 25.3 Å². The van der Waals surface area contributed by atoms with Gasteiger partial charge in [-0.25, -0.2) is 14.8 Å². The van der Waals surface area contributed by atoms with Crippen molar-refractivity contribution in [1.82, 2.24) is 25.1 Å². The van der Waals surface area contributed by atoms with Gasteiger partial charge < -0.3 is 19.5 Å². The molecule has 0 bridgehead atoms. The molecule has 1 aromatic carbocycles. The minimum absolute atomic E-state index is 0.0450. The maximum absolute atomic E-state index is 13.4. The van der Waals surface area contributed by atoms with Gasteiger partial charge in [0.15, 0.2) is 0 Å². The molecule has 0 radical (unpaired) electrons. The first-order valence-corrected chi connectivity index (χ1v) is 11.4. The van der Waals surface area contributed by atoms with Crippen molar-refractivity contribution in [3.05, 3.63) is 60.1 Å². The molecule has 1 aromatic heterocycles. The number of piperazine rings is 1. The van der Waals surface area contributed by atoms with Crippen LogP contribution in [0.2, 0.25) is 0 Å². The summed E-state index contributed by atoms with van der Waals surface area (Å²) in [4.78, 5) is 43.1. The van der Waals surface area contributed by atoms with Crippen LogP contribution in [0.3, 0.4) is 0 Å². The fourth-order valence-corrected chi connectivity index (χ4v) is 4.57. The number of carbonyl (C=O) groups is 3. The second kappa shape index (κ2) is 10.1. The van der Waals surface area contributed by atoms with E-state index in [9.17, 15) is 14.4 Å². The molecule has 1 N–H and O–H groups in total. The van der Waals surface area contributed by atoms with Crippen LogP contribution in [-0.2, 0) is 22.7 Å². The maximum atomic E-state index is 13.4. The van der Waals surface area contributed by atoms with Gasteiger partial charge in [0.05, 0.1) is 25.9 Å². The van der Waals surface area contributed by atoms with E-state index in [4.69, 9.17) is 4.42 Å². The van der Waals surface area contributed by atoms with E-state index in [0.717, 1.165) is 18.4 Å². The fraction of sp³-hybridized carbons (Fsp3) is 0.458. The lowest BCUT2D eigenvalue weighted by atomic mass is 10.0. The first kappa shape index (κ1) is 22.8. The van der Waals surface area contributed by atoms with Gasteiger partial charge in [0.25, 0.3) is 0 Å². The third-order valence-corrected chi connectivity index (χ3v) is 6.19. The SMILES string of the molecule is CCCC[C@H]1C(=O)N(Cc2ccco2)C[C@H]2N1C(=O)CN(C)N2C(=O)NCc1ccccc1. The van der Waals surface area contributed by atoms with E-state index < -0.39 is 12.2 Å². The van der Waals surface area contributed by atoms with Crippen LogP contribution in [0, 0.1) is 0 Å². The summed E-state index contributed by atoms with van der Waals surface area (Å²) in [5.41, 5.74) is 0.984. The van der Waals surface area contributed by atoms with E-state index in [1.54, 1.807) is 39.2 Å². The fourth-order valence-electron chi connectivity index (χ4n) is 4.57. The Bertz CT molecular complexity index is 964. The van der Waals surface area contributed by atoms with Crippen LogP contribution in [-0.4, -0.2) is 70.0 Å². The van der Waals surface area contributed by atoms with Crippen molar-refractivity contribution in [3.8, 4) is 0 Å². The zero-order chi connectivity index (χ0) is 23.4. The largest absolute Gasteiger partial charge is 0.467 e. The zero-order valence-electron chi connectivity index (χ0n) is 19.1. The monoisotopic (exact) mass is 453 g/mol. The summed E-state index contributed by atoms with van der Waals surface area (Å²) >= 11 is 0. The Morgan fingerprint density at radius 2 is 1.94 bits per heavy atom. The molecule has 2 aliphatic rings. The molecule has 0 unspecified atom stereocenters. The second-order valence-corrected chi connectivity index (χ2v) is 8.54. The molecule has 3 heterocycles. The molecule has 9 nitrogen and oxygen atoms in total. The second-order valence-electron chi connectivity index (χ2n) is 8.54. The van der Waals surface area contributed by atoms with Crippen LogP contribution >= 0.6 is 0 Å². The van der Waals surface area contributed by atoms with Crippen molar-refractivity contribution in [2.45, 2.75) is 51.5 Å². The van der Waals surface area contributed by atoms with Gasteiger partial charge >= 0.3 is 6.03 Å². The van der Waals surface area contributed by atoms with Crippen molar-refractivity contribution >= 4 is 17.8 Å². The Kier molecular flexibility index (Phi) is 6.98. The number of amides is 4. The first-order chi connectivity index (χ1) is 16.0. The number of nitrogens with one attached hydrogen (secondary N) is 1. The van der Waals surface area contributed by atoms with Crippen molar-refractivity contribution in [2.24, 2.45) is 0 Å². The van der Waals surface area contributed by atoms with Gasteiger partial charge in [0.2, 0.25) is 11.8 Å². The van der Waals surface area contributed by atoms with Gasteiger partial charge in [-0.3, -0.25) is 9.59 Å². The highest BCUT2D eigenvalue weighted by molar-refractivity contribution is 5.91. The van der Waals surface area contributed by atoms with Crippen molar-refractivity contribution in [3.63, 3.8) is 0 Å². The summed E-state index contributed by atoms with van der Waals surface area (Å²) < 4.78 is 5.46. The minimum Gasteiger partial charge on any atom is -0.467 e. The number of furan rings is 1. The van der Waals surface area contributed by atoms with Crippen molar-refractivity contribution in [2.75, 3.05) is 20.1 Å². The molecule has 2 aliphatic heterocycles. The van der Waals surface area contributed by atoms with Crippen LogP contribution in [0.4, 0.5) is 4.79 Å². The molecular formula is C24H31N5O4. The predicted octanol–water partition coefficient (Wildman–Crippen LogP) is 2.41. The minimum atomic E-state index is -0.593. The Morgan fingerprint density at radius 1 is 1.15 bits per heavy atom. The van der Waals surface area contributed by atoms with E-state index in [-0.39, 0.29) is 30.9 Å². The topological polar surface area (TPSA) is 89.3 Å². The highest BCUT2D eigenvalue weighted by Gasteiger charge is 2.50. The van der Waals surface area contributed by atoms with Crippen LogP contribution < -0.4 is 5.32 Å². The summed E-state index contributed by atoms with van der Waals surface area (Å²) in [6.45, 7) is 3.00. The number of likely N-dealkylation sites (N-methyl/N-ethyl adjacent to an activating group) is 1. The van der Waals surface area contributed by atoms with Crippen molar-refractivity contribution < 1.29 is 18.8 Å². The molecule has 33 heavy (non-hydrogen) atoms. The molecule has 9 heteroatoms.